The number of ether oxygens (including phenoxy) is 1. The van der Waals surface area contributed by atoms with Crippen LogP contribution in [0.4, 0.5) is 10.5 Å². The number of benzene rings is 1. The van der Waals surface area contributed by atoms with E-state index >= 15 is 0 Å². The Morgan fingerprint density at radius 1 is 1.50 bits per heavy atom. The van der Waals surface area contributed by atoms with Crippen molar-refractivity contribution in [2.24, 2.45) is 0 Å². The highest BCUT2D eigenvalue weighted by atomic mass is 35.5. The molecule has 86 valence electrons. The number of hydrogen-bond donors (Lipinski definition) is 1. The van der Waals surface area contributed by atoms with Crippen LogP contribution < -0.4 is 5.32 Å². The quantitative estimate of drug-likeness (QED) is 0.828. The highest BCUT2D eigenvalue weighted by molar-refractivity contribution is 6.33. The second-order valence-electron chi connectivity index (χ2n) is 3.43. The standard InChI is InChI=1S/C11H12ClNO3/c1-7(2)16-11(15)13-9-4-3-8(6-14)10(12)5-9/h3-7H,1-2H3,(H,13,15). The van der Waals surface area contributed by atoms with Gasteiger partial charge in [0.25, 0.3) is 0 Å². The molecule has 1 rings (SSSR count). The fourth-order valence-corrected chi connectivity index (χ4v) is 1.29. The first-order valence-corrected chi connectivity index (χ1v) is 5.13. The van der Waals surface area contributed by atoms with E-state index in [9.17, 15) is 9.59 Å². The van der Waals surface area contributed by atoms with Gasteiger partial charge in [-0.3, -0.25) is 10.1 Å². The molecule has 5 heteroatoms. The molecule has 16 heavy (non-hydrogen) atoms. The number of carbonyl (C=O) groups is 2. The van der Waals surface area contributed by atoms with Crippen LogP contribution in [-0.4, -0.2) is 18.5 Å². The fraction of sp³-hybridized carbons (Fsp3) is 0.273. The van der Waals surface area contributed by atoms with Gasteiger partial charge in [0.05, 0.1) is 11.1 Å². The zero-order valence-corrected chi connectivity index (χ0v) is 9.75. The van der Waals surface area contributed by atoms with Crippen LogP contribution in [0.3, 0.4) is 0 Å². The number of hydrogen-bond acceptors (Lipinski definition) is 3. The molecule has 0 spiro atoms. The van der Waals surface area contributed by atoms with Gasteiger partial charge in [-0.25, -0.2) is 4.79 Å². The van der Waals surface area contributed by atoms with Gasteiger partial charge in [0, 0.05) is 11.3 Å². The Kier molecular flexibility index (Phi) is 4.31. The minimum atomic E-state index is -0.551. The maximum absolute atomic E-state index is 11.2. The molecule has 0 radical (unpaired) electrons. The molecule has 0 heterocycles. The highest BCUT2D eigenvalue weighted by Gasteiger charge is 2.07. The third-order valence-electron chi connectivity index (χ3n) is 1.72. The summed E-state index contributed by atoms with van der Waals surface area (Å²) in [6.45, 7) is 3.50. The molecule has 0 bridgehead atoms. The van der Waals surface area contributed by atoms with Gasteiger partial charge in [-0.05, 0) is 32.0 Å². The fourth-order valence-electron chi connectivity index (χ4n) is 1.06. The molecule has 1 aromatic carbocycles. The summed E-state index contributed by atoms with van der Waals surface area (Å²) in [6, 6.07) is 4.60. The summed E-state index contributed by atoms with van der Waals surface area (Å²) in [4.78, 5) is 21.8. The van der Waals surface area contributed by atoms with E-state index in [1.807, 2.05) is 0 Å². The first-order valence-electron chi connectivity index (χ1n) is 4.75. The second kappa shape index (κ2) is 5.51. The molecule has 0 aliphatic heterocycles. The molecule has 0 aromatic heterocycles. The van der Waals surface area contributed by atoms with Gasteiger partial charge < -0.3 is 4.74 Å². The molecule has 1 amide bonds. The van der Waals surface area contributed by atoms with Gasteiger partial charge in [-0.15, -0.1) is 0 Å². The van der Waals surface area contributed by atoms with Crippen LogP contribution in [0.1, 0.15) is 24.2 Å². The number of halogens is 1. The number of carbonyl (C=O) groups excluding carboxylic acids is 2. The summed E-state index contributed by atoms with van der Waals surface area (Å²) in [5.74, 6) is 0. The van der Waals surface area contributed by atoms with Crippen molar-refractivity contribution in [1.29, 1.82) is 0 Å². The largest absolute Gasteiger partial charge is 0.447 e. The van der Waals surface area contributed by atoms with Crippen LogP contribution in [0.25, 0.3) is 0 Å². The molecule has 0 fully saturated rings. The molecule has 0 aliphatic rings. The molecule has 0 saturated heterocycles. The lowest BCUT2D eigenvalue weighted by Crippen LogP contribution is -2.17. The zero-order chi connectivity index (χ0) is 12.1. The van der Waals surface area contributed by atoms with Crippen molar-refractivity contribution in [1.82, 2.24) is 0 Å². The van der Waals surface area contributed by atoms with Crippen LogP contribution in [0, 0.1) is 0 Å². The summed E-state index contributed by atoms with van der Waals surface area (Å²) >= 11 is 5.80. The second-order valence-corrected chi connectivity index (χ2v) is 3.84. The molecule has 1 N–H and O–H groups in total. The topological polar surface area (TPSA) is 55.4 Å². The molecule has 4 nitrogen and oxygen atoms in total. The minimum Gasteiger partial charge on any atom is -0.447 e. The Morgan fingerprint density at radius 2 is 2.19 bits per heavy atom. The first-order chi connectivity index (χ1) is 7.52. The van der Waals surface area contributed by atoms with Crippen LogP contribution in [0.2, 0.25) is 5.02 Å². The van der Waals surface area contributed by atoms with Crippen molar-refractivity contribution in [3.8, 4) is 0 Å². The summed E-state index contributed by atoms with van der Waals surface area (Å²) in [5, 5.41) is 2.79. The van der Waals surface area contributed by atoms with Crippen molar-refractivity contribution >= 4 is 29.7 Å². The Morgan fingerprint density at radius 3 is 2.69 bits per heavy atom. The van der Waals surface area contributed by atoms with E-state index in [2.05, 4.69) is 5.32 Å². The predicted molar refractivity (Wildman–Crippen MR) is 62.1 cm³/mol. The average molecular weight is 242 g/mol. The Labute approximate surface area is 98.5 Å². The Hall–Kier alpha value is -1.55. The molecule has 0 aliphatic carbocycles. The molecule has 0 unspecified atom stereocenters. The van der Waals surface area contributed by atoms with Gasteiger partial charge >= 0.3 is 6.09 Å². The minimum absolute atomic E-state index is 0.190. The van der Waals surface area contributed by atoms with Crippen molar-refractivity contribution in [3.63, 3.8) is 0 Å². The molecular formula is C11H12ClNO3. The Balaban J connectivity index is 2.71. The highest BCUT2D eigenvalue weighted by Crippen LogP contribution is 2.19. The van der Waals surface area contributed by atoms with Crippen molar-refractivity contribution in [3.05, 3.63) is 28.8 Å². The van der Waals surface area contributed by atoms with Gasteiger partial charge in [0.15, 0.2) is 6.29 Å². The molecule has 0 saturated carbocycles. The Bertz CT molecular complexity index is 404. The van der Waals surface area contributed by atoms with E-state index in [-0.39, 0.29) is 11.1 Å². The smallest absolute Gasteiger partial charge is 0.411 e. The molecular weight excluding hydrogens is 230 g/mol. The van der Waals surface area contributed by atoms with Gasteiger partial charge in [0.1, 0.15) is 0 Å². The molecule has 1 aromatic rings. The van der Waals surface area contributed by atoms with E-state index < -0.39 is 6.09 Å². The normalized spacial score (nSPS) is 10.0. The molecule has 0 atom stereocenters. The van der Waals surface area contributed by atoms with Crippen molar-refractivity contribution in [2.45, 2.75) is 20.0 Å². The third kappa shape index (κ3) is 3.55. The lowest BCUT2D eigenvalue weighted by molar-refractivity contribution is 0.112. The monoisotopic (exact) mass is 241 g/mol. The van der Waals surface area contributed by atoms with E-state index in [1.165, 1.54) is 12.1 Å². The van der Waals surface area contributed by atoms with Crippen LogP contribution in [0.15, 0.2) is 18.2 Å². The van der Waals surface area contributed by atoms with Crippen LogP contribution in [-0.2, 0) is 4.74 Å². The maximum atomic E-state index is 11.2. The summed E-state index contributed by atoms with van der Waals surface area (Å²) in [5.41, 5.74) is 0.866. The van der Waals surface area contributed by atoms with E-state index in [4.69, 9.17) is 16.3 Å². The number of aldehydes is 1. The van der Waals surface area contributed by atoms with E-state index in [1.54, 1.807) is 19.9 Å². The van der Waals surface area contributed by atoms with Crippen molar-refractivity contribution in [2.75, 3.05) is 5.32 Å². The van der Waals surface area contributed by atoms with Gasteiger partial charge in [0.2, 0.25) is 0 Å². The lowest BCUT2D eigenvalue weighted by Gasteiger charge is -2.09. The predicted octanol–water partition coefficient (Wildman–Crippen LogP) is 3.11. The number of rotatable bonds is 3. The van der Waals surface area contributed by atoms with Gasteiger partial charge in [-0.2, -0.15) is 0 Å². The number of nitrogens with one attached hydrogen (secondary N) is 1. The number of amides is 1. The van der Waals surface area contributed by atoms with Gasteiger partial charge in [-0.1, -0.05) is 11.6 Å². The average Bonchev–Trinajstić information content (AvgIpc) is 2.16. The van der Waals surface area contributed by atoms with Crippen LogP contribution >= 0.6 is 11.6 Å². The van der Waals surface area contributed by atoms with Crippen LogP contribution in [0.5, 0.6) is 0 Å². The maximum Gasteiger partial charge on any atom is 0.411 e. The SMILES string of the molecule is CC(C)OC(=O)Nc1ccc(C=O)c(Cl)c1. The zero-order valence-electron chi connectivity index (χ0n) is 8.99. The van der Waals surface area contributed by atoms with E-state index in [0.29, 0.717) is 17.5 Å². The summed E-state index contributed by atoms with van der Waals surface area (Å²) < 4.78 is 4.89. The number of anilines is 1. The first kappa shape index (κ1) is 12.5. The summed E-state index contributed by atoms with van der Waals surface area (Å²) in [6.07, 6.45) is -0.0897. The van der Waals surface area contributed by atoms with Crippen molar-refractivity contribution < 1.29 is 14.3 Å². The lowest BCUT2D eigenvalue weighted by atomic mass is 10.2. The summed E-state index contributed by atoms with van der Waals surface area (Å²) in [7, 11) is 0. The van der Waals surface area contributed by atoms with E-state index in [0.717, 1.165) is 0 Å². The third-order valence-corrected chi connectivity index (χ3v) is 2.04.